The van der Waals surface area contributed by atoms with Crippen molar-refractivity contribution in [2.45, 2.75) is 24.8 Å². The number of aliphatic hydroxyl groups is 1. The van der Waals surface area contributed by atoms with Gasteiger partial charge in [-0.1, -0.05) is 0 Å². The predicted octanol–water partition coefficient (Wildman–Crippen LogP) is -0.193. The second-order valence-corrected chi connectivity index (χ2v) is 4.00. The van der Waals surface area contributed by atoms with Gasteiger partial charge in [0.15, 0.2) is 0 Å². The monoisotopic (exact) mass is 170 g/mol. The molecule has 1 unspecified atom stereocenters. The van der Waals surface area contributed by atoms with E-state index in [1.807, 2.05) is 0 Å². The molecule has 0 amide bonds. The first-order valence-corrected chi connectivity index (χ1v) is 4.94. The van der Waals surface area contributed by atoms with Crippen molar-refractivity contribution in [1.82, 2.24) is 10.2 Å². The minimum absolute atomic E-state index is 0.112. The molecule has 12 heavy (non-hydrogen) atoms. The maximum atomic E-state index is 9.31. The molecular weight excluding hydrogens is 152 g/mol. The molecule has 2 fully saturated rings. The molecule has 0 bridgehead atoms. The average molecular weight is 170 g/mol. The lowest BCUT2D eigenvalue weighted by Crippen LogP contribution is -2.67. The molecule has 3 nitrogen and oxygen atoms in total. The summed E-state index contributed by atoms with van der Waals surface area (Å²) in [6.45, 7) is 4.78. The van der Waals surface area contributed by atoms with Gasteiger partial charge in [-0.05, 0) is 32.4 Å². The van der Waals surface area contributed by atoms with Gasteiger partial charge in [-0.15, -0.1) is 0 Å². The van der Waals surface area contributed by atoms with Crippen molar-refractivity contribution in [3.63, 3.8) is 0 Å². The van der Waals surface area contributed by atoms with Crippen LogP contribution in [0.3, 0.4) is 0 Å². The zero-order chi connectivity index (χ0) is 8.44. The van der Waals surface area contributed by atoms with Crippen molar-refractivity contribution in [2.75, 3.05) is 32.8 Å². The number of hydrogen-bond donors (Lipinski definition) is 2. The molecule has 0 saturated carbocycles. The first kappa shape index (κ1) is 8.48. The van der Waals surface area contributed by atoms with Crippen LogP contribution < -0.4 is 5.32 Å². The van der Waals surface area contributed by atoms with E-state index in [-0.39, 0.29) is 5.54 Å². The zero-order valence-electron chi connectivity index (χ0n) is 7.55. The summed E-state index contributed by atoms with van der Waals surface area (Å²) in [4.78, 5) is 2.43. The van der Waals surface area contributed by atoms with Gasteiger partial charge in [-0.25, -0.2) is 0 Å². The van der Waals surface area contributed by atoms with E-state index in [4.69, 9.17) is 0 Å². The second-order valence-electron chi connectivity index (χ2n) is 4.00. The molecule has 2 N–H and O–H groups in total. The zero-order valence-corrected chi connectivity index (χ0v) is 7.55. The molecule has 0 radical (unpaired) electrons. The van der Waals surface area contributed by atoms with Gasteiger partial charge in [-0.3, -0.25) is 4.90 Å². The van der Waals surface area contributed by atoms with Crippen molar-refractivity contribution in [2.24, 2.45) is 0 Å². The topological polar surface area (TPSA) is 35.5 Å². The van der Waals surface area contributed by atoms with E-state index in [1.54, 1.807) is 0 Å². The fourth-order valence-electron chi connectivity index (χ4n) is 2.24. The van der Waals surface area contributed by atoms with E-state index in [9.17, 15) is 5.11 Å². The summed E-state index contributed by atoms with van der Waals surface area (Å²) in [6, 6.07) is 0. The van der Waals surface area contributed by atoms with E-state index >= 15 is 0 Å². The Morgan fingerprint density at radius 2 is 2.25 bits per heavy atom. The minimum atomic E-state index is 0.112. The molecule has 2 rings (SSSR count). The Morgan fingerprint density at radius 3 is 2.92 bits per heavy atom. The summed E-state index contributed by atoms with van der Waals surface area (Å²) < 4.78 is 0. The molecule has 2 aliphatic heterocycles. The van der Waals surface area contributed by atoms with Crippen molar-refractivity contribution >= 4 is 0 Å². The van der Waals surface area contributed by atoms with Crippen molar-refractivity contribution in [1.29, 1.82) is 0 Å². The predicted molar refractivity (Wildman–Crippen MR) is 48.1 cm³/mol. The summed E-state index contributed by atoms with van der Waals surface area (Å²) >= 11 is 0. The Balaban J connectivity index is 1.98. The fourth-order valence-corrected chi connectivity index (χ4v) is 2.24. The summed E-state index contributed by atoms with van der Waals surface area (Å²) in [5.74, 6) is 0. The Hall–Kier alpha value is -0.120. The van der Waals surface area contributed by atoms with E-state index < -0.39 is 0 Å². The summed E-state index contributed by atoms with van der Waals surface area (Å²) in [5, 5.41) is 12.7. The standard InChI is InChI=1S/C9H18N2O/c12-8-9-3-6-11(9)5-2-1-4-10-7-9/h10,12H,1-8H2. The molecule has 0 spiro atoms. The fraction of sp³-hybridized carbons (Fsp3) is 1.00. The molecular formula is C9H18N2O. The normalized spacial score (nSPS) is 37.8. The Kier molecular flexibility index (Phi) is 2.35. The van der Waals surface area contributed by atoms with Crippen LogP contribution in [0, 0.1) is 0 Å². The lowest BCUT2D eigenvalue weighted by Gasteiger charge is -2.53. The van der Waals surface area contributed by atoms with Crippen LogP contribution in [0.5, 0.6) is 0 Å². The number of nitrogens with one attached hydrogen (secondary N) is 1. The Bertz CT molecular complexity index is 159. The summed E-state index contributed by atoms with van der Waals surface area (Å²) in [6.07, 6.45) is 3.71. The van der Waals surface area contributed by atoms with E-state index in [0.29, 0.717) is 6.61 Å². The van der Waals surface area contributed by atoms with Gasteiger partial charge in [0.1, 0.15) is 0 Å². The molecule has 0 aromatic carbocycles. The second kappa shape index (κ2) is 3.32. The number of fused-ring (bicyclic) bond motifs is 1. The van der Waals surface area contributed by atoms with Crippen LogP contribution in [0.15, 0.2) is 0 Å². The number of rotatable bonds is 1. The van der Waals surface area contributed by atoms with Crippen LogP contribution in [-0.4, -0.2) is 48.3 Å². The highest BCUT2D eigenvalue weighted by Crippen LogP contribution is 2.30. The van der Waals surface area contributed by atoms with Gasteiger partial charge in [0, 0.05) is 13.1 Å². The van der Waals surface area contributed by atoms with Gasteiger partial charge < -0.3 is 10.4 Å². The Labute approximate surface area is 73.8 Å². The average Bonchev–Trinajstić information content (AvgIpc) is 2.06. The lowest BCUT2D eigenvalue weighted by molar-refractivity contribution is -0.0567. The van der Waals surface area contributed by atoms with Crippen LogP contribution in [-0.2, 0) is 0 Å². The molecule has 2 saturated heterocycles. The molecule has 0 aliphatic carbocycles. The molecule has 0 aromatic heterocycles. The van der Waals surface area contributed by atoms with Crippen molar-refractivity contribution < 1.29 is 5.11 Å². The van der Waals surface area contributed by atoms with Crippen molar-refractivity contribution in [3.8, 4) is 0 Å². The number of aliphatic hydroxyl groups excluding tert-OH is 1. The van der Waals surface area contributed by atoms with Gasteiger partial charge in [-0.2, -0.15) is 0 Å². The highest BCUT2D eigenvalue weighted by Gasteiger charge is 2.43. The molecule has 0 aromatic rings. The third-order valence-corrected chi connectivity index (χ3v) is 3.30. The molecule has 70 valence electrons. The maximum absolute atomic E-state index is 9.31. The van der Waals surface area contributed by atoms with Crippen LogP contribution in [0.4, 0.5) is 0 Å². The van der Waals surface area contributed by atoms with E-state index in [2.05, 4.69) is 10.2 Å². The lowest BCUT2D eigenvalue weighted by atomic mass is 9.84. The highest BCUT2D eigenvalue weighted by molar-refractivity contribution is 5.01. The molecule has 3 heteroatoms. The number of nitrogens with zero attached hydrogens (tertiary/aromatic N) is 1. The third kappa shape index (κ3) is 1.26. The Morgan fingerprint density at radius 1 is 1.33 bits per heavy atom. The highest BCUT2D eigenvalue weighted by atomic mass is 16.3. The van der Waals surface area contributed by atoms with E-state index in [0.717, 1.165) is 19.5 Å². The summed E-state index contributed by atoms with van der Waals surface area (Å²) in [7, 11) is 0. The smallest absolute Gasteiger partial charge is 0.0628 e. The van der Waals surface area contributed by atoms with Gasteiger partial charge >= 0.3 is 0 Å². The molecule has 2 heterocycles. The largest absolute Gasteiger partial charge is 0.394 e. The first-order chi connectivity index (χ1) is 5.87. The third-order valence-electron chi connectivity index (χ3n) is 3.30. The van der Waals surface area contributed by atoms with Gasteiger partial charge in [0.25, 0.3) is 0 Å². The molecule has 2 aliphatic rings. The maximum Gasteiger partial charge on any atom is 0.0628 e. The molecule has 1 atom stereocenters. The number of hydrogen-bond acceptors (Lipinski definition) is 3. The van der Waals surface area contributed by atoms with Crippen LogP contribution in [0.25, 0.3) is 0 Å². The van der Waals surface area contributed by atoms with Crippen molar-refractivity contribution in [3.05, 3.63) is 0 Å². The van der Waals surface area contributed by atoms with E-state index in [1.165, 1.54) is 25.9 Å². The first-order valence-electron chi connectivity index (χ1n) is 4.94. The van der Waals surface area contributed by atoms with Gasteiger partial charge in [0.05, 0.1) is 12.1 Å². The van der Waals surface area contributed by atoms with Gasteiger partial charge in [0.2, 0.25) is 0 Å². The quantitative estimate of drug-likeness (QED) is 0.572. The summed E-state index contributed by atoms with van der Waals surface area (Å²) in [5.41, 5.74) is 0.112. The minimum Gasteiger partial charge on any atom is -0.394 e. The van der Waals surface area contributed by atoms with Crippen LogP contribution >= 0.6 is 0 Å². The van der Waals surface area contributed by atoms with Crippen LogP contribution in [0.2, 0.25) is 0 Å². The SMILES string of the molecule is OCC12CCN1CCCCNC2. The van der Waals surface area contributed by atoms with Crippen LogP contribution in [0.1, 0.15) is 19.3 Å².